The van der Waals surface area contributed by atoms with E-state index < -0.39 is 0 Å². The van der Waals surface area contributed by atoms with Gasteiger partial charge in [-0.05, 0) is 43.6 Å². The van der Waals surface area contributed by atoms with Gasteiger partial charge in [0.15, 0.2) is 0 Å². The van der Waals surface area contributed by atoms with Crippen molar-refractivity contribution in [3.05, 3.63) is 11.6 Å². The average Bonchev–Trinajstić information content (AvgIpc) is 2.71. The molecule has 80 valence electrons. The standard InChI is InChI=1S/C13H22O/c1-12(2,3)9-7-10-6-5-8-13(4)11(10)14-13/h7,11H,5-6,8-9H2,1-4H3/b10-7-/t11-,13+/m1/s1. The van der Waals surface area contributed by atoms with E-state index in [9.17, 15) is 0 Å². The fourth-order valence-electron chi connectivity index (χ4n) is 2.31. The first-order valence-corrected chi connectivity index (χ1v) is 5.77. The summed E-state index contributed by atoms with van der Waals surface area (Å²) in [6.07, 6.45) is 7.90. The molecule has 2 rings (SSSR count). The summed E-state index contributed by atoms with van der Waals surface area (Å²) in [4.78, 5) is 0. The lowest BCUT2D eigenvalue weighted by Crippen LogP contribution is -2.17. The lowest BCUT2D eigenvalue weighted by Gasteiger charge is -2.19. The van der Waals surface area contributed by atoms with E-state index in [2.05, 4.69) is 33.8 Å². The third kappa shape index (κ3) is 2.03. The molecule has 0 unspecified atom stereocenters. The van der Waals surface area contributed by atoms with Gasteiger partial charge in [-0.3, -0.25) is 0 Å². The van der Waals surface area contributed by atoms with Crippen LogP contribution in [-0.2, 0) is 4.74 Å². The van der Waals surface area contributed by atoms with Crippen molar-refractivity contribution in [3.63, 3.8) is 0 Å². The largest absolute Gasteiger partial charge is 0.362 e. The lowest BCUT2D eigenvalue weighted by molar-refractivity contribution is 0.305. The Labute approximate surface area is 87.5 Å². The zero-order valence-corrected chi connectivity index (χ0v) is 9.89. The smallest absolute Gasteiger partial charge is 0.108 e. The van der Waals surface area contributed by atoms with Crippen molar-refractivity contribution in [1.82, 2.24) is 0 Å². The van der Waals surface area contributed by atoms with Crippen LogP contribution in [0.4, 0.5) is 0 Å². The quantitative estimate of drug-likeness (QED) is 0.458. The van der Waals surface area contributed by atoms with Gasteiger partial charge in [-0.1, -0.05) is 26.8 Å². The fourth-order valence-corrected chi connectivity index (χ4v) is 2.31. The van der Waals surface area contributed by atoms with Crippen molar-refractivity contribution in [1.29, 1.82) is 0 Å². The molecule has 1 heteroatoms. The van der Waals surface area contributed by atoms with Crippen molar-refractivity contribution in [3.8, 4) is 0 Å². The van der Waals surface area contributed by atoms with Crippen LogP contribution in [0.5, 0.6) is 0 Å². The van der Waals surface area contributed by atoms with Crippen molar-refractivity contribution >= 4 is 0 Å². The molecule has 0 amide bonds. The molecule has 0 spiro atoms. The number of fused-ring (bicyclic) bond motifs is 1. The molecule has 14 heavy (non-hydrogen) atoms. The number of allylic oxidation sites excluding steroid dienone is 1. The van der Waals surface area contributed by atoms with E-state index in [-0.39, 0.29) is 5.60 Å². The highest BCUT2D eigenvalue weighted by Crippen LogP contribution is 2.50. The number of hydrogen-bond acceptors (Lipinski definition) is 1. The maximum atomic E-state index is 5.77. The molecule has 1 aliphatic carbocycles. The highest BCUT2D eigenvalue weighted by atomic mass is 16.6. The first-order chi connectivity index (χ1) is 6.41. The molecule has 2 fully saturated rings. The van der Waals surface area contributed by atoms with Gasteiger partial charge < -0.3 is 4.74 Å². The Morgan fingerprint density at radius 3 is 2.86 bits per heavy atom. The Morgan fingerprint density at radius 2 is 2.21 bits per heavy atom. The second-order valence-electron chi connectivity index (χ2n) is 6.21. The normalized spacial score (nSPS) is 39.7. The average molecular weight is 194 g/mol. The molecule has 1 saturated heterocycles. The van der Waals surface area contributed by atoms with Crippen LogP contribution in [0.3, 0.4) is 0 Å². The number of epoxide rings is 1. The SMILES string of the molecule is CC(C)(C)C/C=C1/CCC[C@]2(C)O[C@H]12. The Balaban J connectivity index is 1.98. The number of rotatable bonds is 1. The van der Waals surface area contributed by atoms with Gasteiger partial charge in [-0.25, -0.2) is 0 Å². The molecule has 0 N–H and O–H groups in total. The third-order valence-electron chi connectivity index (χ3n) is 3.34. The molecule has 2 atom stereocenters. The van der Waals surface area contributed by atoms with Gasteiger partial charge in [0.25, 0.3) is 0 Å². The molecule has 0 aromatic rings. The second kappa shape index (κ2) is 3.10. The van der Waals surface area contributed by atoms with Gasteiger partial charge >= 0.3 is 0 Å². The number of hydrogen-bond donors (Lipinski definition) is 0. The predicted molar refractivity (Wildman–Crippen MR) is 59.3 cm³/mol. The fraction of sp³-hybridized carbons (Fsp3) is 0.846. The summed E-state index contributed by atoms with van der Waals surface area (Å²) < 4.78 is 5.77. The van der Waals surface area contributed by atoms with E-state index in [4.69, 9.17) is 4.74 Å². The minimum absolute atomic E-state index is 0.224. The van der Waals surface area contributed by atoms with Gasteiger partial charge in [0.05, 0.1) is 5.60 Å². The van der Waals surface area contributed by atoms with E-state index >= 15 is 0 Å². The predicted octanol–water partition coefficient (Wildman–Crippen LogP) is 3.69. The van der Waals surface area contributed by atoms with Crippen molar-refractivity contribution in [2.45, 2.75) is 65.1 Å². The van der Waals surface area contributed by atoms with Gasteiger partial charge in [0, 0.05) is 0 Å². The Bertz CT molecular complexity index is 259. The Hall–Kier alpha value is -0.300. The summed E-state index contributed by atoms with van der Waals surface area (Å²) in [7, 11) is 0. The van der Waals surface area contributed by atoms with Gasteiger partial charge in [-0.2, -0.15) is 0 Å². The summed E-state index contributed by atoms with van der Waals surface area (Å²) >= 11 is 0. The van der Waals surface area contributed by atoms with Crippen LogP contribution in [0.25, 0.3) is 0 Å². The molecule has 0 bridgehead atoms. The van der Waals surface area contributed by atoms with Gasteiger partial charge in [0.2, 0.25) is 0 Å². The lowest BCUT2D eigenvalue weighted by atomic mass is 9.84. The van der Waals surface area contributed by atoms with Crippen LogP contribution in [0.2, 0.25) is 0 Å². The summed E-state index contributed by atoms with van der Waals surface area (Å²) in [6.45, 7) is 9.13. The van der Waals surface area contributed by atoms with Crippen LogP contribution < -0.4 is 0 Å². The summed E-state index contributed by atoms with van der Waals surface area (Å²) in [6, 6.07) is 0. The Morgan fingerprint density at radius 1 is 1.50 bits per heavy atom. The van der Waals surface area contributed by atoms with Crippen LogP contribution >= 0.6 is 0 Å². The van der Waals surface area contributed by atoms with E-state index in [1.807, 2.05) is 0 Å². The van der Waals surface area contributed by atoms with E-state index in [1.165, 1.54) is 25.7 Å². The minimum Gasteiger partial charge on any atom is -0.362 e. The van der Waals surface area contributed by atoms with Crippen molar-refractivity contribution in [2.75, 3.05) is 0 Å². The van der Waals surface area contributed by atoms with Crippen molar-refractivity contribution in [2.24, 2.45) is 5.41 Å². The highest BCUT2D eigenvalue weighted by Gasteiger charge is 2.55. The third-order valence-corrected chi connectivity index (χ3v) is 3.34. The van der Waals surface area contributed by atoms with Crippen LogP contribution in [-0.4, -0.2) is 11.7 Å². The molecule has 0 aromatic carbocycles. The maximum absolute atomic E-state index is 5.77. The highest BCUT2D eigenvalue weighted by molar-refractivity contribution is 5.25. The second-order valence-corrected chi connectivity index (χ2v) is 6.21. The zero-order chi connectivity index (χ0) is 10.4. The maximum Gasteiger partial charge on any atom is 0.108 e. The van der Waals surface area contributed by atoms with E-state index in [0.717, 1.165) is 0 Å². The molecule has 2 aliphatic rings. The molecular formula is C13H22O. The monoisotopic (exact) mass is 194 g/mol. The molecule has 1 aliphatic heterocycles. The zero-order valence-electron chi connectivity index (χ0n) is 9.89. The minimum atomic E-state index is 0.224. The summed E-state index contributed by atoms with van der Waals surface area (Å²) in [5.41, 5.74) is 2.20. The molecule has 0 aromatic heterocycles. The van der Waals surface area contributed by atoms with Crippen LogP contribution in [0, 0.1) is 5.41 Å². The van der Waals surface area contributed by atoms with Crippen molar-refractivity contribution < 1.29 is 4.74 Å². The van der Waals surface area contributed by atoms with Gasteiger partial charge in [0.1, 0.15) is 6.10 Å². The summed E-state index contributed by atoms with van der Waals surface area (Å²) in [5, 5.41) is 0. The first-order valence-electron chi connectivity index (χ1n) is 5.77. The molecule has 1 heterocycles. The van der Waals surface area contributed by atoms with E-state index in [0.29, 0.717) is 11.5 Å². The summed E-state index contributed by atoms with van der Waals surface area (Å²) in [5.74, 6) is 0. The molecule has 1 nitrogen and oxygen atoms in total. The van der Waals surface area contributed by atoms with E-state index in [1.54, 1.807) is 5.57 Å². The molecular weight excluding hydrogens is 172 g/mol. The Kier molecular flexibility index (Phi) is 2.26. The van der Waals surface area contributed by atoms with Gasteiger partial charge in [-0.15, -0.1) is 0 Å². The molecule has 0 radical (unpaired) electrons. The topological polar surface area (TPSA) is 12.5 Å². The number of ether oxygens (including phenoxy) is 1. The first kappa shape index (κ1) is 10.2. The van der Waals surface area contributed by atoms with Crippen LogP contribution in [0.1, 0.15) is 53.4 Å². The molecule has 1 saturated carbocycles. The van der Waals surface area contributed by atoms with Crippen LogP contribution in [0.15, 0.2) is 11.6 Å².